The van der Waals surface area contributed by atoms with Crippen LogP contribution in [0.2, 0.25) is 0 Å². The summed E-state index contributed by atoms with van der Waals surface area (Å²) in [5.74, 6) is 1.97. The molecule has 27 heavy (non-hydrogen) atoms. The van der Waals surface area contributed by atoms with E-state index < -0.39 is 0 Å². The van der Waals surface area contributed by atoms with E-state index in [4.69, 9.17) is 4.42 Å². The molecule has 142 valence electrons. The molecule has 0 bridgehead atoms. The summed E-state index contributed by atoms with van der Waals surface area (Å²) in [6.45, 7) is 5.54. The number of hydrogen-bond donors (Lipinski definition) is 0. The van der Waals surface area contributed by atoms with Crippen LogP contribution in [0.3, 0.4) is 0 Å². The Balaban J connectivity index is 1.24. The monoisotopic (exact) mass is 364 g/mol. The SMILES string of the molecule is O=C(c1ccc(-c2ccco2)cc1)N1CCC2(CCCN(CC3CC3)C2)C1. The maximum absolute atomic E-state index is 13.0. The van der Waals surface area contributed by atoms with E-state index in [1.54, 1.807) is 6.26 Å². The van der Waals surface area contributed by atoms with E-state index >= 15 is 0 Å². The lowest BCUT2D eigenvalue weighted by Gasteiger charge is -2.40. The van der Waals surface area contributed by atoms with Crippen molar-refractivity contribution in [2.75, 3.05) is 32.7 Å². The van der Waals surface area contributed by atoms with E-state index in [1.807, 2.05) is 36.4 Å². The summed E-state index contributed by atoms with van der Waals surface area (Å²) >= 11 is 0. The van der Waals surface area contributed by atoms with Gasteiger partial charge in [-0.15, -0.1) is 0 Å². The van der Waals surface area contributed by atoms with Crippen molar-refractivity contribution in [3.05, 3.63) is 48.2 Å². The molecule has 5 rings (SSSR count). The van der Waals surface area contributed by atoms with E-state index in [0.717, 1.165) is 42.3 Å². The number of carbonyl (C=O) groups is 1. The molecule has 2 aromatic rings. The molecule has 1 spiro atoms. The molecule has 4 nitrogen and oxygen atoms in total. The third-order valence-corrected chi connectivity index (χ3v) is 6.62. The molecule has 1 aromatic heterocycles. The van der Waals surface area contributed by atoms with Gasteiger partial charge in [0.25, 0.3) is 5.91 Å². The van der Waals surface area contributed by atoms with Crippen LogP contribution in [-0.2, 0) is 0 Å². The molecule has 1 amide bonds. The lowest BCUT2D eigenvalue weighted by atomic mass is 9.79. The summed E-state index contributed by atoms with van der Waals surface area (Å²) in [6.07, 6.45) is 8.23. The van der Waals surface area contributed by atoms with Crippen molar-refractivity contribution in [1.82, 2.24) is 9.80 Å². The topological polar surface area (TPSA) is 36.7 Å². The fraction of sp³-hybridized carbons (Fsp3) is 0.522. The standard InChI is InChI=1S/C23H28N2O2/c26-22(20-8-6-19(7-9-20)21-3-1-14-27-21)25-13-11-23(17-25)10-2-12-24(16-23)15-18-4-5-18/h1,3,6-9,14,18H,2,4-5,10-13,15-17H2. The van der Waals surface area contributed by atoms with E-state index in [2.05, 4.69) is 9.80 Å². The van der Waals surface area contributed by atoms with Gasteiger partial charge in [-0.25, -0.2) is 0 Å². The van der Waals surface area contributed by atoms with Crippen molar-refractivity contribution < 1.29 is 9.21 Å². The second kappa shape index (κ2) is 6.83. The van der Waals surface area contributed by atoms with Gasteiger partial charge in [-0.1, -0.05) is 12.1 Å². The molecule has 2 aliphatic heterocycles. The minimum Gasteiger partial charge on any atom is -0.464 e. The molecule has 2 saturated heterocycles. The summed E-state index contributed by atoms with van der Waals surface area (Å²) < 4.78 is 5.44. The Bertz CT molecular complexity index is 794. The van der Waals surface area contributed by atoms with E-state index in [0.29, 0.717) is 5.41 Å². The zero-order chi connectivity index (χ0) is 18.3. The highest BCUT2D eigenvalue weighted by molar-refractivity contribution is 5.94. The van der Waals surface area contributed by atoms with E-state index in [1.165, 1.54) is 45.3 Å². The Kier molecular flexibility index (Phi) is 4.31. The molecule has 1 aliphatic carbocycles. The maximum Gasteiger partial charge on any atom is 0.253 e. The summed E-state index contributed by atoms with van der Waals surface area (Å²) in [5, 5.41) is 0. The number of carbonyl (C=O) groups excluding carboxylic acids is 1. The molecule has 0 radical (unpaired) electrons. The first-order chi connectivity index (χ1) is 13.2. The van der Waals surface area contributed by atoms with E-state index in [9.17, 15) is 4.79 Å². The molecule has 3 heterocycles. The predicted molar refractivity (Wildman–Crippen MR) is 105 cm³/mol. The first-order valence-electron chi connectivity index (χ1n) is 10.4. The second-order valence-corrected chi connectivity index (χ2v) is 8.81. The zero-order valence-corrected chi connectivity index (χ0v) is 15.9. The highest BCUT2D eigenvalue weighted by atomic mass is 16.3. The van der Waals surface area contributed by atoms with Crippen LogP contribution in [0.1, 0.15) is 42.5 Å². The third kappa shape index (κ3) is 3.55. The van der Waals surface area contributed by atoms with Gasteiger partial charge in [0, 0.05) is 42.7 Å². The molecule has 0 N–H and O–H groups in total. The molecule has 1 saturated carbocycles. The van der Waals surface area contributed by atoms with Gasteiger partial charge in [0.05, 0.1) is 6.26 Å². The predicted octanol–water partition coefficient (Wildman–Crippen LogP) is 4.28. The summed E-state index contributed by atoms with van der Waals surface area (Å²) in [5.41, 5.74) is 2.13. The Morgan fingerprint density at radius 2 is 1.93 bits per heavy atom. The number of amides is 1. The molecule has 1 aromatic carbocycles. The normalized spacial score (nSPS) is 26.0. The lowest BCUT2D eigenvalue weighted by Crippen LogP contribution is -2.46. The molecule has 3 fully saturated rings. The minimum absolute atomic E-state index is 0.178. The summed E-state index contributed by atoms with van der Waals surface area (Å²) in [4.78, 5) is 17.8. The highest BCUT2D eigenvalue weighted by Gasteiger charge is 2.43. The largest absolute Gasteiger partial charge is 0.464 e. The zero-order valence-electron chi connectivity index (χ0n) is 15.9. The second-order valence-electron chi connectivity index (χ2n) is 8.81. The molecule has 1 unspecified atom stereocenters. The van der Waals surface area contributed by atoms with E-state index in [-0.39, 0.29) is 5.91 Å². The van der Waals surface area contributed by atoms with Gasteiger partial charge in [0.2, 0.25) is 0 Å². The fourth-order valence-corrected chi connectivity index (χ4v) is 4.98. The van der Waals surface area contributed by atoms with Gasteiger partial charge >= 0.3 is 0 Å². The minimum atomic E-state index is 0.178. The number of likely N-dealkylation sites (tertiary alicyclic amines) is 2. The van der Waals surface area contributed by atoms with Crippen molar-refractivity contribution >= 4 is 5.91 Å². The molecule has 4 heteroatoms. The average molecular weight is 364 g/mol. The Morgan fingerprint density at radius 3 is 2.67 bits per heavy atom. The van der Waals surface area contributed by atoms with Crippen molar-refractivity contribution in [3.8, 4) is 11.3 Å². The van der Waals surface area contributed by atoms with Gasteiger partial charge < -0.3 is 14.2 Å². The lowest BCUT2D eigenvalue weighted by molar-refractivity contribution is 0.0681. The first kappa shape index (κ1) is 17.1. The fourth-order valence-electron chi connectivity index (χ4n) is 4.98. The van der Waals surface area contributed by atoms with Crippen LogP contribution in [0.15, 0.2) is 47.1 Å². The van der Waals surface area contributed by atoms with Crippen molar-refractivity contribution in [2.24, 2.45) is 11.3 Å². The van der Waals surface area contributed by atoms with Crippen LogP contribution in [-0.4, -0.2) is 48.4 Å². The summed E-state index contributed by atoms with van der Waals surface area (Å²) in [6, 6.07) is 11.7. The molecule has 3 aliphatic rings. The molecular formula is C23H28N2O2. The van der Waals surface area contributed by atoms with Gasteiger partial charge in [0.1, 0.15) is 5.76 Å². The highest BCUT2D eigenvalue weighted by Crippen LogP contribution is 2.41. The smallest absolute Gasteiger partial charge is 0.253 e. The van der Waals surface area contributed by atoms with Gasteiger partial charge in [0.15, 0.2) is 0 Å². The van der Waals surface area contributed by atoms with Crippen molar-refractivity contribution in [2.45, 2.75) is 32.1 Å². The number of furan rings is 1. The molecule has 1 atom stereocenters. The number of benzene rings is 1. The summed E-state index contributed by atoms with van der Waals surface area (Å²) in [7, 11) is 0. The Hall–Kier alpha value is -2.07. The Labute approximate surface area is 161 Å². The van der Waals surface area contributed by atoms with Crippen molar-refractivity contribution in [3.63, 3.8) is 0 Å². The van der Waals surface area contributed by atoms with Crippen LogP contribution >= 0.6 is 0 Å². The maximum atomic E-state index is 13.0. The number of hydrogen-bond acceptors (Lipinski definition) is 3. The van der Waals surface area contributed by atoms with Gasteiger partial charge in [-0.05, 0) is 68.8 Å². The number of rotatable bonds is 4. The first-order valence-corrected chi connectivity index (χ1v) is 10.4. The van der Waals surface area contributed by atoms with Crippen LogP contribution in [0.25, 0.3) is 11.3 Å². The Morgan fingerprint density at radius 1 is 1.07 bits per heavy atom. The quantitative estimate of drug-likeness (QED) is 0.812. The van der Waals surface area contributed by atoms with Crippen LogP contribution in [0.4, 0.5) is 0 Å². The van der Waals surface area contributed by atoms with Crippen LogP contribution in [0, 0.1) is 11.3 Å². The van der Waals surface area contributed by atoms with Crippen molar-refractivity contribution in [1.29, 1.82) is 0 Å². The van der Waals surface area contributed by atoms with Gasteiger partial charge in [-0.2, -0.15) is 0 Å². The number of piperidine rings is 1. The third-order valence-electron chi connectivity index (χ3n) is 6.62. The van der Waals surface area contributed by atoms with Crippen LogP contribution < -0.4 is 0 Å². The average Bonchev–Trinajstić information content (AvgIpc) is 3.18. The molecular weight excluding hydrogens is 336 g/mol. The van der Waals surface area contributed by atoms with Crippen LogP contribution in [0.5, 0.6) is 0 Å². The number of nitrogens with zero attached hydrogens (tertiary/aromatic N) is 2. The van der Waals surface area contributed by atoms with Gasteiger partial charge in [-0.3, -0.25) is 4.79 Å².